The number of rotatable bonds is 13. The van der Waals surface area contributed by atoms with Gasteiger partial charge in [-0.25, -0.2) is 0 Å². The van der Waals surface area contributed by atoms with Crippen molar-refractivity contribution >= 4 is 5.57 Å². The van der Waals surface area contributed by atoms with Gasteiger partial charge in [-0.2, -0.15) is 0 Å². The van der Waals surface area contributed by atoms with Gasteiger partial charge in [0, 0.05) is 12.4 Å². The zero-order valence-electron chi connectivity index (χ0n) is 17.1. The van der Waals surface area contributed by atoms with E-state index in [2.05, 4.69) is 49.3 Å². The topological polar surface area (TPSA) is 12.9 Å². The van der Waals surface area contributed by atoms with Crippen LogP contribution in [-0.4, -0.2) is 29.1 Å². The summed E-state index contributed by atoms with van der Waals surface area (Å²) in [6, 6.07) is 4.23. The van der Waals surface area contributed by atoms with Gasteiger partial charge in [-0.1, -0.05) is 52.4 Å². The minimum absolute atomic E-state index is 1.15. The Hall–Kier alpha value is -1.41. The smallest absolute Gasteiger partial charge is 0.102 e. The van der Waals surface area contributed by atoms with Crippen LogP contribution in [0.3, 0.4) is 0 Å². The highest BCUT2D eigenvalue weighted by molar-refractivity contribution is 5.73. The van der Waals surface area contributed by atoms with Crippen molar-refractivity contribution in [2.24, 2.45) is 0 Å². The van der Waals surface area contributed by atoms with E-state index in [0.29, 0.717) is 0 Å². The molecule has 0 saturated carbocycles. The third kappa shape index (κ3) is 7.07. The minimum atomic E-state index is 1.15. The molecule has 0 fully saturated rings. The van der Waals surface area contributed by atoms with Crippen molar-refractivity contribution in [2.45, 2.75) is 78.1 Å². The van der Waals surface area contributed by atoms with Gasteiger partial charge in [0.05, 0.1) is 19.3 Å². The van der Waals surface area contributed by atoms with Crippen molar-refractivity contribution in [3.63, 3.8) is 0 Å². The number of quaternary nitrogens is 1. The first-order chi connectivity index (χ1) is 12.8. The van der Waals surface area contributed by atoms with Crippen molar-refractivity contribution in [3.8, 4) is 0 Å². The Morgan fingerprint density at radius 1 is 0.808 bits per heavy atom. The lowest BCUT2D eigenvalue weighted by Crippen LogP contribution is -2.45. The van der Waals surface area contributed by atoms with E-state index >= 15 is 0 Å². The van der Waals surface area contributed by atoms with Crippen LogP contribution in [0.4, 0.5) is 0 Å². The zero-order chi connectivity index (χ0) is 18.5. The summed E-state index contributed by atoms with van der Waals surface area (Å²) in [5.41, 5.74) is 2.65. The molecule has 0 bridgehead atoms. The van der Waals surface area contributed by atoms with Crippen LogP contribution in [0.2, 0.25) is 0 Å². The Bertz CT molecular complexity index is 531. The van der Waals surface area contributed by atoms with E-state index in [0.717, 1.165) is 11.0 Å². The third-order valence-electron chi connectivity index (χ3n) is 5.67. The zero-order valence-corrected chi connectivity index (χ0v) is 17.1. The van der Waals surface area contributed by atoms with Gasteiger partial charge >= 0.3 is 0 Å². The maximum absolute atomic E-state index is 4.14. The summed E-state index contributed by atoms with van der Waals surface area (Å²) >= 11 is 0. The highest BCUT2D eigenvalue weighted by atomic mass is 15.3. The molecule has 26 heavy (non-hydrogen) atoms. The normalized spacial score (nSPS) is 15.8. The van der Waals surface area contributed by atoms with E-state index < -0.39 is 0 Å². The van der Waals surface area contributed by atoms with Crippen LogP contribution in [0.25, 0.3) is 5.57 Å². The molecule has 144 valence electrons. The number of hydrogen-bond acceptors (Lipinski definition) is 1. The minimum Gasteiger partial charge on any atom is -0.294 e. The molecule has 1 aromatic rings. The lowest BCUT2D eigenvalue weighted by atomic mass is 10.0. The highest BCUT2D eigenvalue weighted by Crippen LogP contribution is 2.25. The average molecular weight is 356 g/mol. The second kappa shape index (κ2) is 12.1. The molecule has 0 amide bonds. The first-order valence-corrected chi connectivity index (χ1v) is 11.0. The molecule has 0 radical (unpaired) electrons. The molecule has 0 atom stereocenters. The Morgan fingerprint density at radius 2 is 1.38 bits per heavy atom. The number of allylic oxidation sites excluding steroid dienone is 2. The quantitative estimate of drug-likeness (QED) is 0.282. The molecule has 0 aliphatic carbocycles. The Kier molecular flexibility index (Phi) is 9.70. The molecular weight excluding hydrogens is 316 g/mol. The van der Waals surface area contributed by atoms with E-state index in [1.54, 1.807) is 0 Å². The lowest BCUT2D eigenvalue weighted by Gasteiger charge is -2.36. The fourth-order valence-corrected chi connectivity index (χ4v) is 3.91. The molecule has 2 heteroatoms. The number of nitrogens with zero attached hydrogens (tertiary/aromatic N) is 2. The van der Waals surface area contributed by atoms with Crippen molar-refractivity contribution in [3.05, 3.63) is 48.4 Å². The predicted octanol–water partition coefficient (Wildman–Crippen LogP) is 6.75. The molecule has 1 aliphatic rings. The van der Waals surface area contributed by atoms with Gasteiger partial charge in [0.2, 0.25) is 0 Å². The highest BCUT2D eigenvalue weighted by Gasteiger charge is 2.25. The van der Waals surface area contributed by atoms with E-state index in [9.17, 15) is 0 Å². The van der Waals surface area contributed by atoms with Crippen LogP contribution in [0, 0.1) is 0 Å². The molecule has 2 nitrogen and oxygen atoms in total. The molecule has 1 aliphatic heterocycles. The summed E-state index contributed by atoms with van der Waals surface area (Å²) in [6.07, 6.45) is 24.8. The summed E-state index contributed by atoms with van der Waals surface area (Å²) in [7, 11) is 0. The van der Waals surface area contributed by atoms with Gasteiger partial charge in [-0.15, -0.1) is 0 Å². The lowest BCUT2D eigenvalue weighted by molar-refractivity contribution is -0.874. The number of pyridine rings is 1. The van der Waals surface area contributed by atoms with E-state index in [4.69, 9.17) is 0 Å². The van der Waals surface area contributed by atoms with Crippen LogP contribution in [0.1, 0.15) is 83.6 Å². The second-order valence-electron chi connectivity index (χ2n) is 7.89. The number of hydrogen-bond donors (Lipinski definition) is 0. The Balaban J connectivity index is 1.91. The molecule has 0 saturated heterocycles. The predicted molar refractivity (Wildman–Crippen MR) is 114 cm³/mol. The summed E-state index contributed by atoms with van der Waals surface area (Å²) in [6.45, 7) is 8.34. The molecular formula is C24H39N2+. The van der Waals surface area contributed by atoms with Gasteiger partial charge in [-0.3, -0.25) is 9.47 Å². The SMILES string of the molecule is CCCCCCC[N+]1(CCCCCCC)C=CC(c2ccncc2)=CC1. The van der Waals surface area contributed by atoms with E-state index in [1.165, 1.54) is 88.4 Å². The van der Waals surface area contributed by atoms with Crippen LogP contribution < -0.4 is 0 Å². The molecule has 2 heterocycles. The molecule has 0 unspecified atom stereocenters. The maximum atomic E-state index is 4.14. The number of aromatic nitrogens is 1. The van der Waals surface area contributed by atoms with Gasteiger partial charge in [0.1, 0.15) is 6.54 Å². The van der Waals surface area contributed by atoms with Crippen LogP contribution in [0.15, 0.2) is 42.9 Å². The Morgan fingerprint density at radius 3 is 1.88 bits per heavy atom. The van der Waals surface area contributed by atoms with E-state index in [-0.39, 0.29) is 0 Å². The van der Waals surface area contributed by atoms with E-state index in [1.807, 2.05) is 12.4 Å². The fourth-order valence-electron chi connectivity index (χ4n) is 3.91. The van der Waals surface area contributed by atoms with Crippen LogP contribution in [-0.2, 0) is 0 Å². The number of unbranched alkanes of at least 4 members (excludes halogenated alkanes) is 8. The summed E-state index contributed by atoms with van der Waals surface area (Å²) in [5.74, 6) is 0. The second-order valence-corrected chi connectivity index (χ2v) is 7.89. The maximum Gasteiger partial charge on any atom is 0.102 e. The summed E-state index contributed by atoms with van der Waals surface area (Å²) < 4.78 is 1.16. The monoisotopic (exact) mass is 355 g/mol. The largest absolute Gasteiger partial charge is 0.294 e. The van der Waals surface area contributed by atoms with Gasteiger partial charge in [0.15, 0.2) is 0 Å². The van der Waals surface area contributed by atoms with Crippen LogP contribution in [0.5, 0.6) is 0 Å². The van der Waals surface area contributed by atoms with Crippen molar-refractivity contribution < 1.29 is 4.48 Å². The standard InChI is InChI=1S/C24H39N2/c1-3-5-7-9-11-19-26(20-12-10-8-6-4-2)21-15-24(16-22-26)23-13-17-25-18-14-23/h13-18,21H,3-12,19-20,22H2,1-2H3/q+1. The summed E-state index contributed by atoms with van der Waals surface area (Å²) in [5, 5.41) is 0. The fraction of sp³-hybridized carbons (Fsp3) is 0.625. The van der Waals surface area contributed by atoms with Crippen molar-refractivity contribution in [1.29, 1.82) is 0 Å². The van der Waals surface area contributed by atoms with Crippen molar-refractivity contribution in [2.75, 3.05) is 19.6 Å². The summed E-state index contributed by atoms with van der Waals surface area (Å²) in [4.78, 5) is 4.14. The molecule has 0 N–H and O–H groups in total. The molecule has 2 rings (SSSR count). The first kappa shape index (κ1) is 20.9. The van der Waals surface area contributed by atoms with Crippen molar-refractivity contribution in [1.82, 2.24) is 4.98 Å². The third-order valence-corrected chi connectivity index (χ3v) is 5.67. The average Bonchev–Trinajstić information content (AvgIpc) is 2.69. The van der Waals surface area contributed by atoms with Gasteiger partial charge in [0.25, 0.3) is 0 Å². The van der Waals surface area contributed by atoms with Gasteiger partial charge in [-0.05, 0) is 61.1 Å². The Labute approximate surface area is 161 Å². The van der Waals surface area contributed by atoms with Crippen LogP contribution >= 0.6 is 0 Å². The molecule has 0 spiro atoms. The molecule has 1 aromatic heterocycles. The first-order valence-electron chi connectivity index (χ1n) is 11.0. The molecule has 0 aromatic carbocycles. The van der Waals surface area contributed by atoms with Gasteiger partial charge < -0.3 is 0 Å².